The van der Waals surface area contributed by atoms with E-state index in [0.29, 0.717) is 29.3 Å². The number of hydrogen-bond acceptors (Lipinski definition) is 6. The van der Waals surface area contributed by atoms with Crippen LogP contribution >= 0.6 is 0 Å². The molecule has 0 saturated heterocycles. The largest absolute Gasteiger partial charge is 0.368 e. The Hall–Kier alpha value is -2.94. The standard InChI is InChI=1S/C19H23N5O/c1-12-6-7-14(13(2)25)8-16(12)24-18-15(9-20)17(22-11-23-18)21-10-19(3,4)5/h6-8,11H,10H2,1-5H3,(H2,21,22,23,24). The van der Waals surface area contributed by atoms with Gasteiger partial charge in [0.25, 0.3) is 0 Å². The molecule has 0 saturated carbocycles. The van der Waals surface area contributed by atoms with E-state index in [9.17, 15) is 10.1 Å². The lowest BCUT2D eigenvalue weighted by Gasteiger charge is -2.20. The molecule has 2 aromatic rings. The highest BCUT2D eigenvalue weighted by molar-refractivity contribution is 5.95. The summed E-state index contributed by atoms with van der Waals surface area (Å²) >= 11 is 0. The molecule has 0 bridgehead atoms. The maximum Gasteiger partial charge on any atom is 0.159 e. The van der Waals surface area contributed by atoms with Crippen molar-refractivity contribution >= 4 is 23.1 Å². The first-order valence-corrected chi connectivity index (χ1v) is 8.09. The zero-order chi connectivity index (χ0) is 18.6. The zero-order valence-corrected chi connectivity index (χ0v) is 15.3. The molecular formula is C19H23N5O. The van der Waals surface area contributed by atoms with Crippen LogP contribution in [-0.4, -0.2) is 22.3 Å². The van der Waals surface area contributed by atoms with Crippen LogP contribution in [0.4, 0.5) is 17.3 Å². The van der Waals surface area contributed by atoms with E-state index in [1.54, 1.807) is 12.1 Å². The van der Waals surface area contributed by atoms with E-state index < -0.39 is 0 Å². The van der Waals surface area contributed by atoms with E-state index in [1.807, 2.05) is 13.0 Å². The normalized spacial score (nSPS) is 10.9. The van der Waals surface area contributed by atoms with Crippen LogP contribution in [0.5, 0.6) is 0 Å². The molecule has 1 heterocycles. The summed E-state index contributed by atoms with van der Waals surface area (Å²) in [6, 6.07) is 7.58. The number of hydrogen-bond donors (Lipinski definition) is 2. The van der Waals surface area contributed by atoms with Crippen molar-refractivity contribution in [3.05, 3.63) is 41.2 Å². The molecule has 0 aliphatic rings. The molecule has 0 radical (unpaired) electrons. The summed E-state index contributed by atoms with van der Waals surface area (Å²) in [5.74, 6) is 0.895. The molecule has 0 fully saturated rings. The number of carbonyl (C=O) groups excluding carboxylic acids is 1. The molecule has 0 aliphatic heterocycles. The van der Waals surface area contributed by atoms with Crippen molar-refractivity contribution in [3.63, 3.8) is 0 Å². The number of nitrogens with zero attached hydrogens (tertiary/aromatic N) is 3. The summed E-state index contributed by atoms with van der Waals surface area (Å²) in [4.78, 5) is 20.0. The van der Waals surface area contributed by atoms with Gasteiger partial charge in [-0.1, -0.05) is 32.9 Å². The predicted molar refractivity (Wildman–Crippen MR) is 99.2 cm³/mol. The SMILES string of the molecule is CC(=O)c1ccc(C)c(Nc2ncnc(NCC(C)(C)C)c2C#N)c1. The first-order valence-electron chi connectivity index (χ1n) is 8.09. The molecule has 0 atom stereocenters. The fourth-order valence-corrected chi connectivity index (χ4v) is 2.17. The Kier molecular flexibility index (Phi) is 5.38. The van der Waals surface area contributed by atoms with Crippen LogP contribution in [0.25, 0.3) is 0 Å². The van der Waals surface area contributed by atoms with Crippen LogP contribution in [0.3, 0.4) is 0 Å². The van der Waals surface area contributed by atoms with E-state index in [0.717, 1.165) is 11.3 Å². The van der Waals surface area contributed by atoms with Crippen molar-refractivity contribution in [2.24, 2.45) is 5.41 Å². The molecule has 0 spiro atoms. The van der Waals surface area contributed by atoms with Gasteiger partial charge in [0.2, 0.25) is 0 Å². The fraction of sp³-hybridized carbons (Fsp3) is 0.368. The van der Waals surface area contributed by atoms with Gasteiger partial charge >= 0.3 is 0 Å². The molecule has 1 aromatic heterocycles. The molecule has 6 nitrogen and oxygen atoms in total. The van der Waals surface area contributed by atoms with E-state index in [-0.39, 0.29) is 11.2 Å². The topological polar surface area (TPSA) is 90.7 Å². The molecule has 130 valence electrons. The van der Waals surface area contributed by atoms with Gasteiger partial charge in [-0.05, 0) is 30.9 Å². The number of nitrogens with one attached hydrogen (secondary N) is 2. The number of aryl methyl sites for hydroxylation is 1. The van der Waals surface area contributed by atoms with Crippen LogP contribution < -0.4 is 10.6 Å². The Morgan fingerprint density at radius 3 is 2.52 bits per heavy atom. The predicted octanol–water partition coefficient (Wildman–Crippen LogP) is 4.06. The van der Waals surface area contributed by atoms with E-state index >= 15 is 0 Å². The van der Waals surface area contributed by atoms with Gasteiger partial charge in [0.15, 0.2) is 11.6 Å². The molecule has 6 heteroatoms. The third-order valence-electron chi connectivity index (χ3n) is 3.64. The molecule has 1 aromatic carbocycles. The minimum Gasteiger partial charge on any atom is -0.368 e. The number of rotatable bonds is 5. The monoisotopic (exact) mass is 337 g/mol. The molecule has 0 unspecified atom stereocenters. The highest BCUT2D eigenvalue weighted by atomic mass is 16.1. The lowest BCUT2D eigenvalue weighted by Crippen LogP contribution is -2.20. The number of anilines is 3. The summed E-state index contributed by atoms with van der Waals surface area (Å²) in [5, 5.41) is 15.9. The number of benzene rings is 1. The van der Waals surface area contributed by atoms with E-state index in [4.69, 9.17) is 0 Å². The van der Waals surface area contributed by atoms with Crippen LogP contribution in [0.1, 0.15) is 49.2 Å². The molecule has 2 N–H and O–H groups in total. The van der Waals surface area contributed by atoms with E-state index in [2.05, 4.69) is 47.4 Å². The molecule has 0 aliphatic carbocycles. The Bertz CT molecular complexity index is 831. The third kappa shape index (κ3) is 4.77. The lowest BCUT2D eigenvalue weighted by atomic mass is 9.97. The highest BCUT2D eigenvalue weighted by Gasteiger charge is 2.16. The first-order chi connectivity index (χ1) is 11.7. The second-order valence-electron chi connectivity index (χ2n) is 7.18. The Morgan fingerprint density at radius 1 is 1.24 bits per heavy atom. The summed E-state index contributed by atoms with van der Waals surface area (Å²) in [5.41, 5.74) is 2.70. The second-order valence-corrected chi connectivity index (χ2v) is 7.18. The summed E-state index contributed by atoms with van der Waals surface area (Å²) in [6.07, 6.45) is 1.42. The maximum atomic E-state index is 11.6. The minimum absolute atomic E-state index is 0.0150. The molecular weight excluding hydrogens is 314 g/mol. The molecule has 2 rings (SSSR count). The third-order valence-corrected chi connectivity index (χ3v) is 3.64. The van der Waals surface area contributed by atoms with Crippen molar-refractivity contribution < 1.29 is 4.79 Å². The van der Waals surface area contributed by atoms with Crippen molar-refractivity contribution in [1.29, 1.82) is 5.26 Å². The quantitative estimate of drug-likeness (QED) is 0.800. The summed E-state index contributed by atoms with van der Waals surface area (Å²) < 4.78 is 0. The van der Waals surface area contributed by atoms with Gasteiger partial charge in [-0.3, -0.25) is 4.79 Å². The van der Waals surface area contributed by atoms with Crippen molar-refractivity contribution in [3.8, 4) is 6.07 Å². The Labute approximate surface area is 148 Å². The van der Waals surface area contributed by atoms with Crippen molar-refractivity contribution in [1.82, 2.24) is 9.97 Å². The average molecular weight is 337 g/mol. The van der Waals surface area contributed by atoms with E-state index in [1.165, 1.54) is 13.3 Å². The van der Waals surface area contributed by atoms with Gasteiger partial charge in [-0.25, -0.2) is 9.97 Å². The van der Waals surface area contributed by atoms with Gasteiger partial charge in [0.1, 0.15) is 23.8 Å². The number of Topliss-reactive ketones (excluding diaryl/α,β-unsaturated/α-hetero) is 1. The Morgan fingerprint density at radius 2 is 1.92 bits per heavy atom. The number of aromatic nitrogens is 2. The Balaban J connectivity index is 2.36. The summed E-state index contributed by atoms with van der Waals surface area (Å²) in [6.45, 7) is 10.4. The minimum atomic E-state index is -0.0150. The van der Waals surface area contributed by atoms with Gasteiger partial charge in [-0.15, -0.1) is 0 Å². The first kappa shape index (κ1) is 18.4. The average Bonchev–Trinajstić information content (AvgIpc) is 2.54. The van der Waals surface area contributed by atoms with Gasteiger partial charge in [0.05, 0.1) is 0 Å². The van der Waals surface area contributed by atoms with Crippen LogP contribution in [-0.2, 0) is 0 Å². The van der Waals surface area contributed by atoms with Crippen molar-refractivity contribution in [2.75, 3.05) is 17.2 Å². The smallest absolute Gasteiger partial charge is 0.159 e. The van der Waals surface area contributed by atoms with Crippen LogP contribution in [0.15, 0.2) is 24.5 Å². The second kappa shape index (κ2) is 7.31. The van der Waals surface area contributed by atoms with Gasteiger partial charge in [0, 0.05) is 17.8 Å². The molecule has 0 amide bonds. The lowest BCUT2D eigenvalue weighted by molar-refractivity contribution is 0.101. The van der Waals surface area contributed by atoms with Crippen LogP contribution in [0.2, 0.25) is 0 Å². The maximum absolute atomic E-state index is 11.6. The molecule has 25 heavy (non-hydrogen) atoms. The van der Waals surface area contributed by atoms with Gasteiger partial charge < -0.3 is 10.6 Å². The zero-order valence-electron chi connectivity index (χ0n) is 15.3. The van der Waals surface area contributed by atoms with Gasteiger partial charge in [-0.2, -0.15) is 5.26 Å². The summed E-state index contributed by atoms with van der Waals surface area (Å²) in [7, 11) is 0. The van der Waals surface area contributed by atoms with Crippen molar-refractivity contribution in [2.45, 2.75) is 34.6 Å². The number of nitriles is 1. The highest BCUT2D eigenvalue weighted by Crippen LogP contribution is 2.26. The van der Waals surface area contributed by atoms with Crippen LogP contribution in [0, 0.1) is 23.7 Å². The number of ketones is 1. The number of carbonyl (C=O) groups is 1. The fourth-order valence-electron chi connectivity index (χ4n) is 2.17.